The van der Waals surface area contributed by atoms with Crippen LogP contribution in [0.1, 0.15) is 0 Å². The van der Waals surface area contributed by atoms with Crippen LogP contribution in [0.4, 0.5) is 0 Å². The van der Waals surface area contributed by atoms with Gasteiger partial charge in [0.05, 0.1) is 17.4 Å². The van der Waals surface area contributed by atoms with Gasteiger partial charge in [-0.3, -0.25) is 14.5 Å². The lowest BCUT2D eigenvalue weighted by molar-refractivity contribution is -0.114. The van der Waals surface area contributed by atoms with Crippen molar-refractivity contribution < 1.29 is 9.00 Å². The second-order valence-electron chi connectivity index (χ2n) is 4.76. The molecule has 7 heteroatoms. The SMILES string of the molecule is O=C1C=C(n2ncc3cc(-c4ccccn4)ccc32)S(=O)N1. The molecule has 0 fully saturated rings. The van der Waals surface area contributed by atoms with Crippen molar-refractivity contribution in [2.45, 2.75) is 0 Å². The Labute approximate surface area is 128 Å². The summed E-state index contributed by atoms with van der Waals surface area (Å²) in [6.45, 7) is 0. The number of hydrogen-bond acceptors (Lipinski definition) is 4. The minimum absolute atomic E-state index is 0.339. The summed E-state index contributed by atoms with van der Waals surface area (Å²) < 4.78 is 15.7. The lowest BCUT2D eigenvalue weighted by Crippen LogP contribution is -2.17. The molecule has 0 spiro atoms. The van der Waals surface area contributed by atoms with Crippen LogP contribution in [0.25, 0.3) is 27.2 Å². The molecule has 6 nitrogen and oxygen atoms in total. The normalized spacial score (nSPS) is 17.5. The fourth-order valence-electron chi connectivity index (χ4n) is 2.38. The molecular weight excluding hydrogens is 300 g/mol. The van der Waals surface area contributed by atoms with Crippen LogP contribution in [-0.2, 0) is 15.8 Å². The number of fused-ring (bicyclic) bond motifs is 1. The van der Waals surface area contributed by atoms with Crippen molar-refractivity contribution in [2.75, 3.05) is 0 Å². The van der Waals surface area contributed by atoms with E-state index in [0.717, 1.165) is 22.2 Å². The molecule has 0 saturated carbocycles. The summed E-state index contributed by atoms with van der Waals surface area (Å²) in [5, 5.41) is 5.47. The number of pyridine rings is 1. The number of benzene rings is 1. The Bertz CT molecular complexity index is 947. The van der Waals surface area contributed by atoms with Gasteiger partial charge in [0.1, 0.15) is 0 Å². The number of nitrogens with zero attached hydrogens (tertiary/aromatic N) is 3. The van der Waals surface area contributed by atoms with Crippen LogP contribution >= 0.6 is 0 Å². The standard InChI is InChI=1S/C15H10N4O2S/c20-14-8-15(22(21)18-14)19-13-5-4-10(7-11(13)9-17-19)12-3-1-2-6-16-12/h1-9H,(H,18,20). The van der Waals surface area contributed by atoms with E-state index in [0.29, 0.717) is 5.03 Å². The number of carbonyl (C=O) groups is 1. The number of carbonyl (C=O) groups excluding carboxylic acids is 1. The smallest absolute Gasteiger partial charge is 0.258 e. The molecular formula is C15H10N4O2S. The van der Waals surface area contributed by atoms with Gasteiger partial charge in [0.15, 0.2) is 16.0 Å². The van der Waals surface area contributed by atoms with Crippen LogP contribution in [0.3, 0.4) is 0 Å². The number of amides is 1. The van der Waals surface area contributed by atoms with Crippen LogP contribution in [0.15, 0.2) is 54.9 Å². The molecule has 1 aliphatic rings. The molecule has 3 heterocycles. The summed E-state index contributed by atoms with van der Waals surface area (Å²) in [4.78, 5) is 15.6. The summed E-state index contributed by atoms with van der Waals surface area (Å²) >= 11 is 0. The minimum atomic E-state index is -1.57. The van der Waals surface area contributed by atoms with Crippen molar-refractivity contribution in [1.82, 2.24) is 19.5 Å². The first-order valence-electron chi connectivity index (χ1n) is 6.56. The first-order valence-corrected chi connectivity index (χ1v) is 7.71. The number of rotatable bonds is 2. The summed E-state index contributed by atoms with van der Waals surface area (Å²) in [5.74, 6) is -0.373. The van der Waals surface area contributed by atoms with Gasteiger partial charge in [0.25, 0.3) is 5.91 Å². The Hall–Kier alpha value is -2.80. The Morgan fingerprint density at radius 3 is 2.82 bits per heavy atom. The van der Waals surface area contributed by atoms with Crippen LogP contribution in [-0.4, -0.2) is 24.9 Å². The molecule has 3 aromatic rings. The zero-order valence-corrected chi connectivity index (χ0v) is 12.1. The lowest BCUT2D eigenvalue weighted by atomic mass is 10.1. The van der Waals surface area contributed by atoms with E-state index in [9.17, 15) is 9.00 Å². The third-order valence-corrected chi connectivity index (χ3v) is 4.43. The van der Waals surface area contributed by atoms with Gasteiger partial charge in [-0.2, -0.15) is 5.10 Å². The predicted molar refractivity (Wildman–Crippen MR) is 83.5 cm³/mol. The highest BCUT2D eigenvalue weighted by Crippen LogP contribution is 2.25. The van der Waals surface area contributed by atoms with E-state index in [1.807, 2.05) is 36.4 Å². The van der Waals surface area contributed by atoms with Gasteiger partial charge in [-0.05, 0) is 24.3 Å². The molecule has 1 amide bonds. The highest BCUT2D eigenvalue weighted by Gasteiger charge is 2.23. The van der Waals surface area contributed by atoms with Crippen LogP contribution < -0.4 is 4.72 Å². The Morgan fingerprint density at radius 2 is 2.09 bits per heavy atom. The van der Waals surface area contributed by atoms with Gasteiger partial charge in [0.2, 0.25) is 0 Å². The quantitative estimate of drug-likeness (QED) is 0.781. The highest BCUT2D eigenvalue weighted by molar-refractivity contribution is 7.93. The molecule has 1 unspecified atom stereocenters. The fraction of sp³-hybridized carbons (Fsp3) is 0. The van der Waals surface area contributed by atoms with E-state index in [1.165, 1.54) is 10.8 Å². The Kier molecular flexibility index (Phi) is 2.87. The van der Waals surface area contributed by atoms with Gasteiger partial charge >= 0.3 is 0 Å². The molecule has 0 aliphatic carbocycles. The third kappa shape index (κ3) is 2.03. The molecule has 0 radical (unpaired) electrons. The number of hydrogen-bond donors (Lipinski definition) is 1. The van der Waals surface area contributed by atoms with Crippen molar-refractivity contribution in [3.63, 3.8) is 0 Å². The van der Waals surface area contributed by atoms with Gasteiger partial charge in [-0.1, -0.05) is 12.1 Å². The monoisotopic (exact) mass is 310 g/mol. The molecule has 22 heavy (non-hydrogen) atoms. The maximum atomic E-state index is 11.9. The Morgan fingerprint density at radius 1 is 1.18 bits per heavy atom. The first-order chi connectivity index (χ1) is 10.7. The van der Waals surface area contributed by atoms with Gasteiger partial charge in [-0.15, -0.1) is 0 Å². The number of aromatic nitrogens is 3. The topological polar surface area (TPSA) is 76.9 Å². The minimum Gasteiger partial charge on any atom is -0.269 e. The van der Waals surface area contributed by atoms with E-state index in [1.54, 1.807) is 12.4 Å². The third-order valence-electron chi connectivity index (χ3n) is 3.38. The van der Waals surface area contributed by atoms with E-state index < -0.39 is 11.0 Å². The molecule has 1 N–H and O–H groups in total. The maximum absolute atomic E-state index is 11.9. The fourth-order valence-corrected chi connectivity index (χ4v) is 3.24. The average Bonchev–Trinajstić information content (AvgIpc) is 3.10. The first kappa shape index (κ1) is 12.9. The lowest BCUT2D eigenvalue weighted by Gasteiger charge is -2.04. The number of nitrogens with one attached hydrogen (secondary N) is 1. The van der Waals surface area contributed by atoms with Crippen molar-refractivity contribution >= 4 is 32.8 Å². The van der Waals surface area contributed by atoms with E-state index in [2.05, 4.69) is 14.8 Å². The van der Waals surface area contributed by atoms with Gasteiger partial charge in [0, 0.05) is 23.2 Å². The van der Waals surface area contributed by atoms with Crippen molar-refractivity contribution in [1.29, 1.82) is 0 Å². The molecule has 0 saturated heterocycles. The van der Waals surface area contributed by atoms with Crippen molar-refractivity contribution in [2.24, 2.45) is 0 Å². The Balaban J connectivity index is 1.83. The van der Waals surface area contributed by atoms with Crippen molar-refractivity contribution in [3.8, 4) is 11.3 Å². The molecule has 2 aromatic heterocycles. The zero-order chi connectivity index (χ0) is 15.1. The second-order valence-corrected chi connectivity index (χ2v) is 5.92. The van der Waals surface area contributed by atoms with E-state index in [4.69, 9.17) is 0 Å². The largest absolute Gasteiger partial charge is 0.269 e. The van der Waals surface area contributed by atoms with Gasteiger partial charge in [-0.25, -0.2) is 8.89 Å². The molecule has 1 aliphatic heterocycles. The molecule has 1 atom stereocenters. The summed E-state index contributed by atoms with van der Waals surface area (Å²) in [6, 6.07) is 11.5. The summed E-state index contributed by atoms with van der Waals surface area (Å²) in [6.07, 6.45) is 4.73. The predicted octanol–water partition coefficient (Wildman–Crippen LogP) is 1.69. The average molecular weight is 310 g/mol. The summed E-state index contributed by atoms with van der Waals surface area (Å²) in [7, 11) is -1.57. The molecule has 4 rings (SSSR count). The van der Waals surface area contributed by atoms with Crippen LogP contribution in [0, 0.1) is 0 Å². The van der Waals surface area contributed by atoms with Gasteiger partial charge < -0.3 is 0 Å². The van der Waals surface area contributed by atoms with Crippen molar-refractivity contribution in [3.05, 3.63) is 54.9 Å². The molecule has 0 bridgehead atoms. The maximum Gasteiger partial charge on any atom is 0.258 e. The molecule has 108 valence electrons. The van der Waals surface area contributed by atoms with Crippen LogP contribution in [0.5, 0.6) is 0 Å². The van der Waals surface area contributed by atoms with E-state index in [-0.39, 0.29) is 5.91 Å². The molecule has 1 aromatic carbocycles. The second kappa shape index (κ2) is 4.88. The van der Waals surface area contributed by atoms with Crippen LogP contribution in [0.2, 0.25) is 0 Å². The van der Waals surface area contributed by atoms with E-state index >= 15 is 0 Å². The zero-order valence-electron chi connectivity index (χ0n) is 11.3. The highest BCUT2D eigenvalue weighted by atomic mass is 32.2. The summed E-state index contributed by atoms with van der Waals surface area (Å²) in [5.41, 5.74) is 2.64.